The number of pyridine rings is 1. The first-order valence-corrected chi connectivity index (χ1v) is 8.18. The van der Waals surface area contributed by atoms with Crippen LogP contribution in [-0.4, -0.2) is 35.3 Å². The predicted octanol–water partition coefficient (Wildman–Crippen LogP) is 1.25. The van der Waals surface area contributed by atoms with Gasteiger partial charge in [-0.3, -0.25) is 14.6 Å². The quantitative estimate of drug-likeness (QED) is 0.393. The number of amides is 2. The second kappa shape index (κ2) is 8.11. The summed E-state index contributed by atoms with van der Waals surface area (Å²) in [6.07, 6.45) is 5.19. The number of amidine groups is 1. The number of rotatable bonds is 7. The van der Waals surface area contributed by atoms with Crippen LogP contribution in [0.5, 0.6) is 0 Å². The van der Waals surface area contributed by atoms with Crippen molar-refractivity contribution in [2.24, 2.45) is 10.9 Å². The molecule has 0 saturated heterocycles. The molecule has 0 aliphatic heterocycles. The molecule has 8 nitrogen and oxygen atoms in total. The summed E-state index contributed by atoms with van der Waals surface area (Å²) in [6, 6.07) is 10.4. The lowest BCUT2D eigenvalue weighted by Crippen LogP contribution is -2.25. The molecule has 1 fully saturated rings. The van der Waals surface area contributed by atoms with Gasteiger partial charge in [0.1, 0.15) is 0 Å². The Bertz CT molecular complexity index is 819. The average molecular weight is 353 g/mol. The lowest BCUT2D eigenvalue weighted by molar-refractivity contribution is -0.120. The fourth-order valence-electron chi connectivity index (χ4n) is 2.16. The Kier molecular flexibility index (Phi) is 5.43. The van der Waals surface area contributed by atoms with Crippen molar-refractivity contribution in [2.45, 2.75) is 18.9 Å². The van der Waals surface area contributed by atoms with E-state index < -0.39 is 5.91 Å². The molecule has 1 saturated carbocycles. The summed E-state index contributed by atoms with van der Waals surface area (Å²) in [5, 5.41) is 9.24. The monoisotopic (exact) mass is 353 g/mol. The minimum absolute atomic E-state index is 0.129. The Morgan fingerprint density at radius 3 is 2.77 bits per heavy atom. The van der Waals surface area contributed by atoms with Crippen molar-refractivity contribution in [3.63, 3.8) is 0 Å². The zero-order chi connectivity index (χ0) is 18.4. The highest BCUT2D eigenvalue weighted by Gasteiger charge is 2.23. The van der Waals surface area contributed by atoms with Gasteiger partial charge in [0.25, 0.3) is 11.8 Å². The topological polar surface area (TPSA) is 119 Å². The molecular formula is C18H19N5O3. The highest BCUT2D eigenvalue weighted by atomic mass is 16.6. The molecule has 8 heteroatoms. The number of hydrogen-bond donors (Lipinski definition) is 3. The van der Waals surface area contributed by atoms with E-state index in [-0.39, 0.29) is 24.4 Å². The first kappa shape index (κ1) is 17.4. The SMILES string of the molecule is N/C(=N\OCC(=O)Nc1cccc(C(=O)NC2CC2)c1)c1cccnc1. The average Bonchev–Trinajstić information content (AvgIpc) is 3.46. The standard InChI is InChI=1S/C18H19N5O3/c19-17(13-4-2-8-20-10-13)23-26-11-16(24)21-15-5-1-3-12(9-15)18(25)22-14-6-7-14/h1-5,8-10,14H,6-7,11H2,(H2,19,23)(H,21,24)(H,22,25). The van der Waals surface area contributed by atoms with Crippen LogP contribution in [0.15, 0.2) is 53.9 Å². The summed E-state index contributed by atoms with van der Waals surface area (Å²) in [5.74, 6) is -0.425. The van der Waals surface area contributed by atoms with Crippen molar-refractivity contribution in [1.82, 2.24) is 10.3 Å². The van der Waals surface area contributed by atoms with Crippen molar-refractivity contribution in [1.29, 1.82) is 0 Å². The van der Waals surface area contributed by atoms with Gasteiger partial charge in [0, 0.05) is 35.2 Å². The number of nitrogens with one attached hydrogen (secondary N) is 2. The normalized spacial score (nSPS) is 13.8. The summed E-state index contributed by atoms with van der Waals surface area (Å²) in [4.78, 5) is 32.9. The summed E-state index contributed by atoms with van der Waals surface area (Å²) in [5.41, 5.74) is 7.34. The van der Waals surface area contributed by atoms with Crippen LogP contribution >= 0.6 is 0 Å². The van der Waals surface area contributed by atoms with Gasteiger partial charge in [-0.15, -0.1) is 0 Å². The maximum Gasteiger partial charge on any atom is 0.265 e. The van der Waals surface area contributed by atoms with Gasteiger partial charge in [-0.1, -0.05) is 11.2 Å². The molecule has 1 aromatic heterocycles. The molecule has 3 rings (SSSR count). The Balaban J connectivity index is 1.51. The molecule has 4 N–H and O–H groups in total. The third kappa shape index (κ3) is 5.04. The number of aromatic nitrogens is 1. The van der Waals surface area contributed by atoms with Crippen molar-refractivity contribution in [3.05, 3.63) is 59.9 Å². The Morgan fingerprint density at radius 2 is 2.04 bits per heavy atom. The van der Waals surface area contributed by atoms with E-state index >= 15 is 0 Å². The van der Waals surface area contributed by atoms with Crippen LogP contribution in [0.3, 0.4) is 0 Å². The maximum atomic E-state index is 12.0. The van der Waals surface area contributed by atoms with Crippen LogP contribution in [0, 0.1) is 0 Å². The van der Waals surface area contributed by atoms with E-state index in [1.54, 1.807) is 48.8 Å². The summed E-state index contributed by atoms with van der Waals surface area (Å²) < 4.78 is 0. The lowest BCUT2D eigenvalue weighted by atomic mass is 10.2. The maximum absolute atomic E-state index is 12.0. The van der Waals surface area contributed by atoms with E-state index in [0.717, 1.165) is 12.8 Å². The third-order valence-corrected chi connectivity index (χ3v) is 3.64. The van der Waals surface area contributed by atoms with Gasteiger partial charge in [0.15, 0.2) is 12.4 Å². The van der Waals surface area contributed by atoms with Gasteiger partial charge in [-0.05, 0) is 43.2 Å². The summed E-state index contributed by atoms with van der Waals surface area (Å²) in [6.45, 7) is -0.306. The largest absolute Gasteiger partial charge is 0.384 e. The highest BCUT2D eigenvalue weighted by molar-refractivity contribution is 5.98. The fourth-order valence-corrected chi connectivity index (χ4v) is 2.16. The molecule has 1 aliphatic rings. The van der Waals surface area contributed by atoms with Crippen molar-refractivity contribution >= 4 is 23.3 Å². The van der Waals surface area contributed by atoms with E-state index in [1.807, 2.05) is 0 Å². The van der Waals surface area contributed by atoms with Crippen LogP contribution in [0.2, 0.25) is 0 Å². The van der Waals surface area contributed by atoms with Gasteiger partial charge >= 0.3 is 0 Å². The number of nitrogens with zero attached hydrogens (tertiary/aromatic N) is 2. The van der Waals surface area contributed by atoms with Crippen LogP contribution < -0.4 is 16.4 Å². The van der Waals surface area contributed by atoms with Gasteiger partial charge in [0.05, 0.1) is 0 Å². The molecule has 2 amide bonds. The van der Waals surface area contributed by atoms with Crippen LogP contribution in [0.1, 0.15) is 28.8 Å². The summed E-state index contributed by atoms with van der Waals surface area (Å²) in [7, 11) is 0. The van der Waals surface area contributed by atoms with Crippen molar-refractivity contribution in [2.75, 3.05) is 11.9 Å². The number of nitrogens with two attached hydrogens (primary N) is 1. The van der Waals surface area contributed by atoms with E-state index in [4.69, 9.17) is 10.6 Å². The lowest BCUT2D eigenvalue weighted by Gasteiger charge is -2.07. The van der Waals surface area contributed by atoms with E-state index in [9.17, 15) is 9.59 Å². The van der Waals surface area contributed by atoms with Gasteiger partial charge in [-0.2, -0.15) is 0 Å². The number of carbonyl (C=O) groups is 2. The molecule has 134 valence electrons. The second-order valence-electron chi connectivity index (χ2n) is 5.87. The van der Waals surface area contributed by atoms with E-state index in [0.29, 0.717) is 16.8 Å². The van der Waals surface area contributed by atoms with Gasteiger partial charge in [-0.25, -0.2) is 0 Å². The second-order valence-corrected chi connectivity index (χ2v) is 5.87. The van der Waals surface area contributed by atoms with Crippen LogP contribution in [0.25, 0.3) is 0 Å². The smallest absolute Gasteiger partial charge is 0.265 e. The summed E-state index contributed by atoms with van der Waals surface area (Å²) >= 11 is 0. The van der Waals surface area contributed by atoms with Gasteiger partial charge in [0.2, 0.25) is 0 Å². The van der Waals surface area contributed by atoms with E-state index in [1.165, 1.54) is 0 Å². The molecule has 2 aromatic rings. The highest BCUT2D eigenvalue weighted by Crippen LogP contribution is 2.20. The Hall–Kier alpha value is -3.42. The first-order valence-electron chi connectivity index (χ1n) is 8.18. The van der Waals surface area contributed by atoms with Gasteiger partial charge < -0.3 is 21.2 Å². The zero-order valence-corrected chi connectivity index (χ0v) is 14.0. The molecule has 0 radical (unpaired) electrons. The fraction of sp³-hybridized carbons (Fsp3) is 0.222. The number of oxime groups is 1. The Labute approximate surface area is 150 Å². The minimum atomic E-state index is -0.410. The minimum Gasteiger partial charge on any atom is -0.384 e. The van der Waals surface area contributed by atoms with Crippen LogP contribution in [0.4, 0.5) is 5.69 Å². The zero-order valence-electron chi connectivity index (χ0n) is 14.0. The molecule has 0 spiro atoms. The molecule has 1 aromatic carbocycles. The predicted molar refractivity (Wildman–Crippen MR) is 96.5 cm³/mol. The van der Waals surface area contributed by atoms with Crippen LogP contribution in [-0.2, 0) is 9.63 Å². The number of carbonyl (C=O) groups excluding carboxylic acids is 2. The number of benzene rings is 1. The van der Waals surface area contributed by atoms with Crippen molar-refractivity contribution < 1.29 is 14.4 Å². The molecule has 1 aliphatic carbocycles. The third-order valence-electron chi connectivity index (χ3n) is 3.64. The molecule has 0 atom stereocenters. The number of hydrogen-bond acceptors (Lipinski definition) is 5. The molecule has 26 heavy (non-hydrogen) atoms. The van der Waals surface area contributed by atoms with E-state index in [2.05, 4.69) is 20.8 Å². The molecule has 1 heterocycles. The Morgan fingerprint density at radius 1 is 1.23 bits per heavy atom. The molecular weight excluding hydrogens is 334 g/mol. The first-order chi connectivity index (χ1) is 12.6. The number of anilines is 1. The van der Waals surface area contributed by atoms with Crippen molar-refractivity contribution in [3.8, 4) is 0 Å². The molecule has 0 unspecified atom stereocenters. The molecule has 0 bridgehead atoms.